The molecule has 0 fully saturated rings. The van der Waals surface area contributed by atoms with Crippen molar-refractivity contribution in [3.05, 3.63) is 11.9 Å². The van der Waals surface area contributed by atoms with E-state index >= 15 is 0 Å². The molecule has 0 saturated heterocycles. The summed E-state index contributed by atoms with van der Waals surface area (Å²) < 4.78 is 1.98. The molecule has 3 nitrogen and oxygen atoms in total. The Labute approximate surface area is 96.6 Å². The zero-order valence-electron chi connectivity index (χ0n) is 9.78. The van der Waals surface area contributed by atoms with Crippen LogP contribution in [0.15, 0.2) is 6.20 Å². The first-order valence-corrected chi connectivity index (χ1v) is 7.14. The predicted octanol–water partition coefficient (Wildman–Crippen LogP) is 2.76. The Kier molecular flexibility index (Phi) is 6.48. The summed E-state index contributed by atoms with van der Waals surface area (Å²) in [5.41, 5.74) is 1.13. The fraction of sp³-hybridized carbons (Fsp3) is 0.818. The molecule has 1 aromatic heterocycles. The van der Waals surface area contributed by atoms with Crippen LogP contribution < -0.4 is 0 Å². The largest absolute Gasteiger partial charge is 0.252 e. The van der Waals surface area contributed by atoms with E-state index in [9.17, 15) is 0 Å². The van der Waals surface area contributed by atoms with Crippen LogP contribution in [0.1, 0.15) is 38.3 Å². The van der Waals surface area contributed by atoms with E-state index in [1.807, 2.05) is 16.4 Å². The Morgan fingerprint density at radius 3 is 2.93 bits per heavy atom. The summed E-state index contributed by atoms with van der Waals surface area (Å²) in [6.07, 6.45) is 10.3. The van der Waals surface area contributed by atoms with Crippen LogP contribution in [0.2, 0.25) is 0 Å². The van der Waals surface area contributed by atoms with Crippen molar-refractivity contribution in [2.24, 2.45) is 0 Å². The standard InChI is InChI=1S/C11H21N3S/c1-3-7-11-10-14(13-12-11)8-5-4-6-9-15-2/h10H,3-9H2,1-2H3. The molecule has 15 heavy (non-hydrogen) atoms. The van der Waals surface area contributed by atoms with Crippen LogP contribution in [-0.2, 0) is 13.0 Å². The normalized spacial score (nSPS) is 10.8. The van der Waals surface area contributed by atoms with Crippen LogP contribution >= 0.6 is 11.8 Å². The van der Waals surface area contributed by atoms with E-state index in [-0.39, 0.29) is 0 Å². The lowest BCUT2D eigenvalue weighted by molar-refractivity contribution is 0.538. The number of hydrogen-bond donors (Lipinski definition) is 0. The fourth-order valence-electron chi connectivity index (χ4n) is 1.52. The topological polar surface area (TPSA) is 30.7 Å². The zero-order valence-corrected chi connectivity index (χ0v) is 10.6. The minimum Gasteiger partial charge on any atom is -0.252 e. The molecule has 0 aliphatic carbocycles. The van der Waals surface area contributed by atoms with E-state index in [2.05, 4.69) is 29.7 Å². The number of rotatable bonds is 8. The third kappa shape index (κ3) is 5.21. The van der Waals surface area contributed by atoms with E-state index in [1.165, 1.54) is 25.0 Å². The first-order chi connectivity index (χ1) is 7.36. The Morgan fingerprint density at radius 2 is 2.20 bits per heavy atom. The van der Waals surface area contributed by atoms with Gasteiger partial charge in [0.1, 0.15) is 0 Å². The Morgan fingerprint density at radius 1 is 1.33 bits per heavy atom. The third-order valence-electron chi connectivity index (χ3n) is 2.33. The lowest BCUT2D eigenvalue weighted by Gasteiger charge is -1.99. The number of hydrogen-bond acceptors (Lipinski definition) is 3. The quantitative estimate of drug-likeness (QED) is 0.640. The van der Waals surface area contributed by atoms with Crippen molar-refractivity contribution in [3.63, 3.8) is 0 Å². The molecule has 86 valence electrons. The molecular weight excluding hydrogens is 206 g/mol. The Bertz CT molecular complexity index is 260. The van der Waals surface area contributed by atoms with Crippen LogP contribution in [-0.4, -0.2) is 27.0 Å². The van der Waals surface area contributed by atoms with Gasteiger partial charge in [-0.15, -0.1) is 5.10 Å². The van der Waals surface area contributed by atoms with Gasteiger partial charge in [0.2, 0.25) is 0 Å². The van der Waals surface area contributed by atoms with Gasteiger partial charge in [-0.05, 0) is 31.3 Å². The number of aromatic nitrogens is 3. The highest BCUT2D eigenvalue weighted by molar-refractivity contribution is 7.98. The van der Waals surface area contributed by atoms with Crippen molar-refractivity contribution in [1.82, 2.24) is 15.0 Å². The van der Waals surface area contributed by atoms with E-state index in [0.29, 0.717) is 0 Å². The van der Waals surface area contributed by atoms with Gasteiger partial charge in [-0.2, -0.15) is 11.8 Å². The maximum Gasteiger partial charge on any atom is 0.0827 e. The van der Waals surface area contributed by atoms with E-state index < -0.39 is 0 Å². The maximum absolute atomic E-state index is 4.13. The number of thioether (sulfide) groups is 1. The molecule has 4 heteroatoms. The lowest BCUT2D eigenvalue weighted by Crippen LogP contribution is -1.98. The summed E-state index contributed by atoms with van der Waals surface area (Å²) in [7, 11) is 0. The summed E-state index contributed by atoms with van der Waals surface area (Å²) in [5, 5.41) is 8.24. The fourth-order valence-corrected chi connectivity index (χ4v) is 2.01. The van der Waals surface area contributed by atoms with Crippen LogP contribution in [0.25, 0.3) is 0 Å². The van der Waals surface area contributed by atoms with Gasteiger partial charge in [0.15, 0.2) is 0 Å². The van der Waals surface area contributed by atoms with Crippen molar-refractivity contribution in [2.75, 3.05) is 12.0 Å². The SMILES string of the molecule is CCCc1cn(CCCCCSC)nn1. The highest BCUT2D eigenvalue weighted by Crippen LogP contribution is 2.04. The van der Waals surface area contributed by atoms with Crippen molar-refractivity contribution >= 4 is 11.8 Å². The molecule has 0 spiro atoms. The van der Waals surface area contributed by atoms with E-state index in [4.69, 9.17) is 0 Å². The monoisotopic (exact) mass is 227 g/mol. The van der Waals surface area contributed by atoms with E-state index in [0.717, 1.165) is 25.1 Å². The minimum absolute atomic E-state index is 1.02. The third-order valence-corrected chi connectivity index (χ3v) is 3.02. The molecule has 0 radical (unpaired) electrons. The number of unbranched alkanes of at least 4 members (excludes halogenated alkanes) is 2. The molecule has 0 saturated carbocycles. The molecule has 0 unspecified atom stereocenters. The second-order valence-corrected chi connectivity index (χ2v) is 4.76. The predicted molar refractivity (Wildman–Crippen MR) is 66.3 cm³/mol. The maximum atomic E-state index is 4.13. The molecule has 0 amide bonds. The summed E-state index contributed by atoms with van der Waals surface area (Å²) in [6.45, 7) is 3.19. The van der Waals surface area contributed by atoms with Gasteiger partial charge >= 0.3 is 0 Å². The lowest BCUT2D eigenvalue weighted by atomic mass is 10.2. The molecule has 0 atom stereocenters. The summed E-state index contributed by atoms with van der Waals surface area (Å²) >= 11 is 1.92. The first kappa shape index (κ1) is 12.6. The summed E-state index contributed by atoms with van der Waals surface area (Å²) in [5.74, 6) is 1.28. The molecule has 1 aromatic rings. The minimum atomic E-state index is 1.02. The second kappa shape index (κ2) is 7.74. The average Bonchev–Trinajstić information content (AvgIpc) is 2.66. The zero-order chi connectivity index (χ0) is 10.9. The Hall–Kier alpha value is -0.510. The van der Waals surface area contributed by atoms with E-state index in [1.54, 1.807) is 0 Å². The van der Waals surface area contributed by atoms with Crippen LogP contribution in [0.5, 0.6) is 0 Å². The van der Waals surface area contributed by atoms with Gasteiger partial charge in [0.25, 0.3) is 0 Å². The molecule has 0 N–H and O–H groups in total. The van der Waals surface area contributed by atoms with Gasteiger partial charge in [-0.1, -0.05) is 25.0 Å². The molecule has 1 rings (SSSR count). The smallest absolute Gasteiger partial charge is 0.0827 e. The average molecular weight is 227 g/mol. The van der Waals surface area contributed by atoms with Crippen molar-refractivity contribution < 1.29 is 0 Å². The van der Waals surface area contributed by atoms with Gasteiger partial charge < -0.3 is 0 Å². The molecule has 0 aliphatic rings. The van der Waals surface area contributed by atoms with Crippen molar-refractivity contribution in [3.8, 4) is 0 Å². The summed E-state index contributed by atoms with van der Waals surface area (Å²) in [4.78, 5) is 0. The Balaban J connectivity index is 2.14. The number of nitrogens with zero attached hydrogens (tertiary/aromatic N) is 3. The van der Waals surface area contributed by atoms with Gasteiger partial charge in [0, 0.05) is 12.7 Å². The second-order valence-electron chi connectivity index (χ2n) is 3.78. The highest BCUT2D eigenvalue weighted by Gasteiger charge is 1.98. The van der Waals surface area contributed by atoms with Crippen molar-refractivity contribution in [2.45, 2.75) is 45.6 Å². The molecular formula is C11H21N3S. The van der Waals surface area contributed by atoms with Gasteiger partial charge in [0.05, 0.1) is 5.69 Å². The molecule has 0 aromatic carbocycles. The van der Waals surface area contributed by atoms with Crippen LogP contribution in [0.4, 0.5) is 0 Å². The highest BCUT2D eigenvalue weighted by atomic mass is 32.2. The molecule has 0 bridgehead atoms. The summed E-state index contributed by atoms with van der Waals surface area (Å²) in [6, 6.07) is 0. The first-order valence-electron chi connectivity index (χ1n) is 5.74. The number of aryl methyl sites for hydroxylation is 2. The molecule has 1 heterocycles. The van der Waals surface area contributed by atoms with Crippen molar-refractivity contribution in [1.29, 1.82) is 0 Å². The van der Waals surface area contributed by atoms with Gasteiger partial charge in [-0.3, -0.25) is 4.68 Å². The molecule has 0 aliphatic heterocycles. The van der Waals surface area contributed by atoms with Crippen LogP contribution in [0.3, 0.4) is 0 Å². The van der Waals surface area contributed by atoms with Crippen LogP contribution in [0, 0.1) is 0 Å². The van der Waals surface area contributed by atoms with Gasteiger partial charge in [-0.25, -0.2) is 0 Å².